The van der Waals surface area contributed by atoms with Gasteiger partial charge in [0.05, 0.1) is 5.69 Å². The highest BCUT2D eigenvalue weighted by Gasteiger charge is 2.28. The number of fused-ring (bicyclic) bond motifs is 1. The molecular weight excluding hydrogens is 387 g/mol. The number of anilines is 1. The predicted octanol–water partition coefficient (Wildman–Crippen LogP) is 4.58. The van der Waals surface area contributed by atoms with Crippen molar-refractivity contribution in [3.05, 3.63) is 42.2 Å². The fraction of sp³-hybridized carbons (Fsp3) is 0.409. The number of piperidine rings is 1. The molecule has 0 atom stereocenters. The Balaban J connectivity index is 1.49. The van der Waals surface area contributed by atoms with Crippen molar-refractivity contribution in [3.63, 3.8) is 0 Å². The summed E-state index contributed by atoms with van der Waals surface area (Å²) in [6, 6.07) is 10.3. The number of amides is 1. The maximum Gasteiger partial charge on any atom is 0.225 e. The summed E-state index contributed by atoms with van der Waals surface area (Å²) in [5, 5.41) is 0.942. The Kier molecular flexibility index (Phi) is 5.76. The van der Waals surface area contributed by atoms with E-state index in [4.69, 9.17) is 9.97 Å². The van der Waals surface area contributed by atoms with Crippen LogP contribution < -0.4 is 4.90 Å². The summed E-state index contributed by atoms with van der Waals surface area (Å²) in [6.45, 7) is 7.26. The summed E-state index contributed by atoms with van der Waals surface area (Å²) >= 11 is 1.56. The number of benzene rings is 1. The van der Waals surface area contributed by atoms with Gasteiger partial charge in [-0.15, -0.1) is 0 Å². The quantitative estimate of drug-likeness (QED) is 0.615. The van der Waals surface area contributed by atoms with Gasteiger partial charge in [-0.1, -0.05) is 23.5 Å². The van der Waals surface area contributed by atoms with Crippen molar-refractivity contribution in [2.24, 2.45) is 5.92 Å². The number of carbonyl (C=O) groups excluding carboxylic acids is 1. The van der Waals surface area contributed by atoms with Gasteiger partial charge >= 0.3 is 0 Å². The molecule has 0 bridgehead atoms. The molecule has 5 nitrogen and oxygen atoms in total. The predicted molar refractivity (Wildman–Crippen MR) is 116 cm³/mol. The Bertz CT molecular complexity index is 1010. The third kappa shape index (κ3) is 4.10. The lowest BCUT2D eigenvalue weighted by Crippen LogP contribution is -2.42. The molecule has 0 N–H and O–H groups in total. The Morgan fingerprint density at radius 2 is 1.93 bits per heavy atom. The zero-order chi connectivity index (χ0) is 20.4. The Hall–Kier alpha value is -2.54. The second-order valence-corrected chi connectivity index (χ2v) is 8.26. The van der Waals surface area contributed by atoms with Gasteiger partial charge in [0.1, 0.15) is 16.2 Å². The molecule has 1 saturated heterocycles. The molecule has 1 aromatic carbocycles. The molecule has 0 spiro atoms. The summed E-state index contributed by atoms with van der Waals surface area (Å²) in [4.78, 5) is 27.1. The number of thiazole rings is 1. The lowest BCUT2D eigenvalue weighted by atomic mass is 9.95. The first kappa shape index (κ1) is 19.8. The highest BCUT2D eigenvalue weighted by atomic mass is 32.1. The second kappa shape index (κ2) is 8.45. The Morgan fingerprint density at radius 3 is 2.62 bits per heavy atom. The van der Waals surface area contributed by atoms with Crippen molar-refractivity contribution in [2.45, 2.75) is 26.7 Å². The minimum absolute atomic E-state index is 0.109. The van der Waals surface area contributed by atoms with Crippen LogP contribution in [0.5, 0.6) is 0 Å². The molecule has 0 aliphatic carbocycles. The second-order valence-electron chi connectivity index (χ2n) is 7.30. The van der Waals surface area contributed by atoms with Gasteiger partial charge in [-0.05, 0) is 51.0 Å². The number of rotatable bonds is 5. The lowest BCUT2D eigenvalue weighted by molar-refractivity contribution is -0.135. The number of pyridine rings is 1. The third-order valence-corrected chi connectivity index (χ3v) is 6.58. The van der Waals surface area contributed by atoms with Gasteiger partial charge in [0, 0.05) is 37.7 Å². The molecule has 3 aromatic rings. The van der Waals surface area contributed by atoms with Gasteiger partial charge in [0.2, 0.25) is 5.91 Å². The summed E-state index contributed by atoms with van der Waals surface area (Å²) in [7, 11) is 0. The highest BCUT2D eigenvalue weighted by molar-refractivity contribution is 7.21. The Labute approximate surface area is 174 Å². The van der Waals surface area contributed by atoms with E-state index in [1.165, 1.54) is 12.1 Å². The van der Waals surface area contributed by atoms with Gasteiger partial charge in [-0.2, -0.15) is 0 Å². The maximum atomic E-state index is 13.5. The molecule has 29 heavy (non-hydrogen) atoms. The summed E-state index contributed by atoms with van der Waals surface area (Å²) in [6.07, 6.45) is 1.71. The van der Waals surface area contributed by atoms with E-state index in [1.54, 1.807) is 17.4 Å². The Morgan fingerprint density at radius 1 is 1.17 bits per heavy atom. The van der Waals surface area contributed by atoms with E-state index in [9.17, 15) is 9.18 Å². The normalized spacial score (nSPS) is 15.1. The minimum atomic E-state index is -0.267. The first-order valence-corrected chi connectivity index (χ1v) is 11.0. The molecule has 152 valence electrons. The van der Waals surface area contributed by atoms with E-state index in [-0.39, 0.29) is 17.6 Å². The van der Waals surface area contributed by atoms with Crippen LogP contribution >= 0.6 is 11.3 Å². The van der Waals surface area contributed by atoms with Gasteiger partial charge in [0.25, 0.3) is 0 Å². The number of hydrogen-bond donors (Lipinski definition) is 0. The van der Waals surface area contributed by atoms with Crippen LogP contribution in [0.2, 0.25) is 0 Å². The minimum Gasteiger partial charge on any atom is -0.348 e. The molecule has 0 unspecified atom stereocenters. The van der Waals surface area contributed by atoms with Crippen LogP contribution in [0.15, 0.2) is 36.4 Å². The number of halogens is 1. The van der Waals surface area contributed by atoms with Gasteiger partial charge in [-0.3, -0.25) is 4.79 Å². The van der Waals surface area contributed by atoms with Crippen molar-refractivity contribution in [1.29, 1.82) is 0 Å². The molecule has 7 heteroatoms. The van der Waals surface area contributed by atoms with Crippen molar-refractivity contribution in [1.82, 2.24) is 14.9 Å². The number of carbonyl (C=O) groups is 1. The maximum absolute atomic E-state index is 13.5. The molecule has 0 radical (unpaired) electrons. The molecule has 1 aliphatic rings. The van der Waals surface area contributed by atoms with Crippen LogP contribution in [-0.2, 0) is 4.79 Å². The number of aromatic nitrogens is 2. The molecule has 1 aliphatic heterocycles. The average molecular weight is 413 g/mol. The summed E-state index contributed by atoms with van der Waals surface area (Å²) < 4.78 is 13.5. The SMILES string of the molecule is CCN(CC)C(=O)C1CCN(c2nc3ccc(-c4cccc(F)c4)nc3s2)CC1. The first-order valence-electron chi connectivity index (χ1n) is 10.2. The molecule has 3 heterocycles. The number of nitrogens with zero attached hydrogens (tertiary/aromatic N) is 4. The van der Waals surface area contributed by atoms with E-state index in [0.29, 0.717) is 0 Å². The van der Waals surface area contributed by atoms with Crippen LogP contribution in [0.25, 0.3) is 21.6 Å². The van der Waals surface area contributed by atoms with Crippen LogP contribution in [0, 0.1) is 11.7 Å². The van der Waals surface area contributed by atoms with Crippen LogP contribution in [-0.4, -0.2) is 47.0 Å². The number of hydrogen-bond acceptors (Lipinski definition) is 5. The third-order valence-electron chi connectivity index (χ3n) is 5.55. The fourth-order valence-corrected chi connectivity index (χ4v) is 4.85. The standard InChI is InChI=1S/C22H25FN4OS/c1-3-26(4-2)21(28)15-10-12-27(13-11-15)22-25-19-9-8-18(24-20(19)29-22)16-6-5-7-17(23)14-16/h5-9,14-15H,3-4,10-13H2,1-2H3. The van der Waals surface area contributed by atoms with Crippen molar-refractivity contribution in [3.8, 4) is 11.3 Å². The van der Waals surface area contributed by atoms with E-state index in [1.807, 2.05) is 36.9 Å². The fourth-order valence-electron chi connectivity index (χ4n) is 3.86. The highest BCUT2D eigenvalue weighted by Crippen LogP contribution is 2.32. The summed E-state index contributed by atoms with van der Waals surface area (Å²) in [5.74, 6) is 0.120. The molecular formula is C22H25FN4OS. The molecule has 1 amide bonds. The monoisotopic (exact) mass is 412 g/mol. The van der Waals surface area contributed by atoms with Crippen molar-refractivity contribution >= 4 is 32.7 Å². The van der Waals surface area contributed by atoms with Crippen LogP contribution in [0.3, 0.4) is 0 Å². The van der Waals surface area contributed by atoms with Crippen LogP contribution in [0.1, 0.15) is 26.7 Å². The topological polar surface area (TPSA) is 49.3 Å². The summed E-state index contributed by atoms with van der Waals surface area (Å²) in [5.41, 5.74) is 2.36. The van der Waals surface area contributed by atoms with Gasteiger partial charge < -0.3 is 9.80 Å². The van der Waals surface area contributed by atoms with Gasteiger partial charge in [0.15, 0.2) is 5.13 Å². The van der Waals surface area contributed by atoms with E-state index >= 15 is 0 Å². The molecule has 4 rings (SSSR count). The van der Waals surface area contributed by atoms with Crippen LogP contribution in [0.4, 0.5) is 9.52 Å². The molecule has 2 aromatic heterocycles. The smallest absolute Gasteiger partial charge is 0.225 e. The molecule has 1 fully saturated rings. The van der Waals surface area contributed by atoms with E-state index in [2.05, 4.69) is 4.90 Å². The van der Waals surface area contributed by atoms with Gasteiger partial charge in [-0.25, -0.2) is 14.4 Å². The lowest BCUT2D eigenvalue weighted by Gasteiger charge is -2.33. The van der Waals surface area contributed by atoms with Crippen molar-refractivity contribution < 1.29 is 9.18 Å². The zero-order valence-corrected chi connectivity index (χ0v) is 17.6. The zero-order valence-electron chi connectivity index (χ0n) is 16.8. The average Bonchev–Trinajstić information content (AvgIpc) is 3.18. The van der Waals surface area contributed by atoms with Crippen molar-refractivity contribution in [2.75, 3.05) is 31.1 Å². The first-order chi connectivity index (χ1) is 14.1. The largest absolute Gasteiger partial charge is 0.348 e. The van der Waals surface area contributed by atoms with E-state index in [0.717, 1.165) is 65.8 Å². The molecule has 0 saturated carbocycles. The van der Waals surface area contributed by atoms with E-state index < -0.39 is 0 Å².